The van der Waals surface area contributed by atoms with Gasteiger partial charge in [-0.3, -0.25) is 0 Å². The molecule has 1 fully saturated rings. The maximum atomic E-state index is 11.2. The van der Waals surface area contributed by atoms with E-state index in [0.29, 0.717) is 12.8 Å². The standard InChI is InChI=1S/C17H22O2S/c1-15(2)11-17(18,16(3,4)19-15)9-12-10-20-14-8-6-5-7-13(12)14/h5-8,10,18H,9,11H2,1-4H3. The molecule has 0 radical (unpaired) electrons. The van der Waals surface area contributed by atoms with Crippen LogP contribution in [0.3, 0.4) is 0 Å². The number of benzene rings is 1. The van der Waals surface area contributed by atoms with Gasteiger partial charge in [-0.15, -0.1) is 11.3 Å². The van der Waals surface area contributed by atoms with Crippen molar-refractivity contribution in [2.24, 2.45) is 0 Å². The molecule has 0 saturated carbocycles. The molecule has 1 aromatic heterocycles. The van der Waals surface area contributed by atoms with Crippen LogP contribution >= 0.6 is 11.3 Å². The molecule has 0 aliphatic carbocycles. The molecule has 0 spiro atoms. The minimum atomic E-state index is -0.819. The van der Waals surface area contributed by atoms with Gasteiger partial charge in [0, 0.05) is 17.5 Å². The fourth-order valence-corrected chi connectivity index (χ4v) is 4.46. The topological polar surface area (TPSA) is 29.5 Å². The van der Waals surface area contributed by atoms with E-state index in [1.807, 2.05) is 13.8 Å². The van der Waals surface area contributed by atoms with Crippen LogP contribution in [0.4, 0.5) is 0 Å². The molecule has 2 aromatic rings. The van der Waals surface area contributed by atoms with E-state index < -0.39 is 11.2 Å². The molecule has 3 rings (SSSR count). The lowest BCUT2D eigenvalue weighted by atomic mass is 9.78. The lowest BCUT2D eigenvalue weighted by Crippen LogP contribution is -2.47. The van der Waals surface area contributed by atoms with Gasteiger partial charge in [-0.1, -0.05) is 18.2 Å². The van der Waals surface area contributed by atoms with Crippen LogP contribution in [0.25, 0.3) is 10.1 Å². The molecule has 0 bridgehead atoms. The molecular weight excluding hydrogens is 268 g/mol. The highest BCUT2D eigenvalue weighted by atomic mass is 32.1. The zero-order valence-electron chi connectivity index (χ0n) is 12.6. The minimum absolute atomic E-state index is 0.274. The molecule has 1 aliphatic rings. The Bertz CT molecular complexity index is 641. The number of aliphatic hydroxyl groups is 1. The van der Waals surface area contributed by atoms with Crippen molar-refractivity contribution in [1.82, 2.24) is 0 Å². The monoisotopic (exact) mass is 290 g/mol. The first-order valence-electron chi connectivity index (χ1n) is 7.10. The van der Waals surface area contributed by atoms with Crippen molar-refractivity contribution in [2.75, 3.05) is 0 Å². The van der Waals surface area contributed by atoms with Gasteiger partial charge in [-0.25, -0.2) is 0 Å². The van der Waals surface area contributed by atoms with Crippen LogP contribution in [0.5, 0.6) is 0 Å². The molecule has 2 heterocycles. The lowest BCUT2D eigenvalue weighted by molar-refractivity contribution is -0.125. The van der Waals surface area contributed by atoms with E-state index in [-0.39, 0.29) is 5.60 Å². The summed E-state index contributed by atoms with van der Waals surface area (Å²) in [6, 6.07) is 8.39. The molecule has 1 unspecified atom stereocenters. The maximum Gasteiger partial charge on any atom is 0.0998 e. The third-order valence-corrected chi connectivity index (χ3v) is 5.43. The summed E-state index contributed by atoms with van der Waals surface area (Å²) < 4.78 is 7.35. The van der Waals surface area contributed by atoms with Crippen molar-refractivity contribution >= 4 is 21.4 Å². The Balaban J connectivity index is 1.98. The third kappa shape index (κ3) is 2.18. The maximum absolute atomic E-state index is 11.2. The van der Waals surface area contributed by atoms with E-state index in [9.17, 15) is 5.11 Å². The molecule has 108 valence electrons. The Labute approximate surface area is 124 Å². The lowest BCUT2D eigenvalue weighted by Gasteiger charge is -2.35. The smallest absolute Gasteiger partial charge is 0.0998 e. The first kappa shape index (κ1) is 14.1. The SMILES string of the molecule is CC1(C)CC(O)(Cc2csc3ccccc23)C(C)(C)O1. The van der Waals surface area contributed by atoms with Crippen LogP contribution in [-0.2, 0) is 11.2 Å². The minimum Gasteiger partial charge on any atom is -0.386 e. The van der Waals surface area contributed by atoms with E-state index in [2.05, 4.69) is 43.5 Å². The van der Waals surface area contributed by atoms with Crippen LogP contribution in [0.2, 0.25) is 0 Å². The van der Waals surface area contributed by atoms with Crippen molar-refractivity contribution in [3.05, 3.63) is 35.2 Å². The summed E-state index contributed by atoms with van der Waals surface area (Å²) >= 11 is 1.74. The third-order valence-electron chi connectivity index (χ3n) is 4.41. The fourth-order valence-electron chi connectivity index (χ4n) is 3.50. The summed E-state index contributed by atoms with van der Waals surface area (Å²) in [5.74, 6) is 0. The number of fused-ring (bicyclic) bond motifs is 1. The van der Waals surface area contributed by atoms with Gasteiger partial charge in [0.05, 0.1) is 16.8 Å². The van der Waals surface area contributed by atoms with E-state index in [0.717, 1.165) is 0 Å². The Hall–Kier alpha value is -0.900. The highest BCUT2D eigenvalue weighted by Crippen LogP contribution is 2.47. The number of ether oxygens (including phenoxy) is 1. The van der Waals surface area contributed by atoms with Crippen LogP contribution in [-0.4, -0.2) is 21.9 Å². The van der Waals surface area contributed by atoms with E-state index >= 15 is 0 Å². The predicted molar refractivity (Wildman–Crippen MR) is 84.3 cm³/mol. The zero-order valence-corrected chi connectivity index (χ0v) is 13.4. The quantitative estimate of drug-likeness (QED) is 0.900. The average Bonchev–Trinajstić information content (AvgIpc) is 2.76. The van der Waals surface area contributed by atoms with Crippen molar-refractivity contribution in [2.45, 2.75) is 57.3 Å². The number of rotatable bonds is 2. The van der Waals surface area contributed by atoms with Gasteiger partial charge in [0.15, 0.2) is 0 Å². The fraction of sp³-hybridized carbons (Fsp3) is 0.529. The van der Waals surface area contributed by atoms with Crippen LogP contribution in [0, 0.1) is 0 Å². The van der Waals surface area contributed by atoms with Crippen molar-refractivity contribution in [1.29, 1.82) is 0 Å². The molecule has 1 aromatic carbocycles. The summed E-state index contributed by atoms with van der Waals surface area (Å²) in [7, 11) is 0. The molecule has 1 N–H and O–H groups in total. The molecule has 3 heteroatoms. The predicted octanol–water partition coefficient (Wildman–Crippen LogP) is 4.15. The number of hydrogen-bond donors (Lipinski definition) is 1. The second-order valence-corrected chi connectivity index (χ2v) is 7.93. The second kappa shape index (κ2) is 4.30. The van der Waals surface area contributed by atoms with Crippen LogP contribution in [0.15, 0.2) is 29.6 Å². The van der Waals surface area contributed by atoms with Gasteiger partial charge < -0.3 is 9.84 Å². The highest BCUT2D eigenvalue weighted by molar-refractivity contribution is 7.17. The van der Waals surface area contributed by atoms with Gasteiger partial charge in [0.25, 0.3) is 0 Å². The molecule has 2 nitrogen and oxygen atoms in total. The normalized spacial score (nSPS) is 28.1. The summed E-state index contributed by atoms with van der Waals surface area (Å²) in [6.07, 6.45) is 1.31. The Morgan fingerprint density at radius 3 is 2.55 bits per heavy atom. The molecule has 1 aliphatic heterocycles. The van der Waals surface area contributed by atoms with Gasteiger partial charge >= 0.3 is 0 Å². The van der Waals surface area contributed by atoms with Crippen LogP contribution < -0.4 is 0 Å². The van der Waals surface area contributed by atoms with Gasteiger partial charge in [0.2, 0.25) is 0 Å². The summed E-state index contributed by atoms with van der Waals surface area (Å²) in [4.78, 5) is 0. The number of hydrogen-bond acceptors (Lipinski definition) is 3. The average molecular weight is 290 g/mol. The van der Waals surface area contributed by atoms with Crippen molar-refractivity contribution in [3.63, 3.8) is 0 Å². The Kier molecular flexibility index (Phi) is 3.02. The Morgan fingerprint density at radius 1 is 1.20 bits per heavy atom. The van der Waals surface area contributed by atoms with Gasteiger partial charge in [-0.05, 0) is 50.1 Å². The molecular formula is C17H22O2S. The summed E-state index contributed by atoms with van der Waals surface area (Å²) in [5.41, 5.74) is -0.397. The first-order valence-corrected chi connectivity index (χ1v) is 7.98. The molecule has 20 heavy (non-hydrogen) atoms. The zero-order chi connectivity index (χ0) is 14.6. The molecule has 1 saturated heterocycles. The van der Waals surface area contributed by atoms with Gasteiger partial charge in [0.1, 0.15) is 0 Å². The van der Waals surface area contributed by atoms with E-state index in [1.54, 1.807) is 11.3 Å². The highest BCUT2D eigenvalue weighted by Gasteiger charge is 2.56. The van der Waals surface area contributed by atoms with Crippen molar-refractivity contribution in [3.8, 4) is 0 Å². The summed E-state index contributed by atoms with van der Waals surface area (Å²) in [5, 5.41) is 14.6. The van der Waals surface area contributed by atoms with E-state index in [4.69, 9.17) is 4.74 Å². The Morgan fingerprint density at radius 2 is 1.90 bits per heavy atom. The molecule has 1 atom stereocenters. The number of thiophene rings is 1. The van der Waals surface area contributed by atoms with Gasteiger partial charge in [-0.2, -0.15) is 0 Å². The molecule has 0 amide bonds. The van der Waals surface area contributed by atoms with E-state index in [1.165, 1.54) is 15.6 Å². The second-order valence-electron chi connectivity index (χ2n) is 7.01. The van der Waals surface area contributed by atoms with Crippen molar-refractivity contribution < 1.29 is 9.84 Å². The largest absolute Gasteiger partial charge is 0.386 e. The first-order chi connectivity index (χ1) is 9.23. The van der Waals surface area contributed by atoms with Crippen LogP contribution in [0.1, 0.15) is 39.7 Å². The summed E-state index contributed by atoms with van der Waals surface area (Å²) in [6.45, 7) is 8.10.